The fraction of sp³-hybridized carbons (Fsp3) is 0.731. The molecule has 0 amide bonds. The molecule has 38 heavy (non-hydrogen) atoms. The number of hydrogen-bond acceptors (Lipinski definition) is 8. The number of nitrogens with zero attached hydrogens (tertiary/aromatic N) is 4. The zero-order valence-corrected chi connectivity index (χ0v) is 26.6. The topological polar surface area (TPSA) is 110 Å². The maximum absolute atomic E-state index is 10.3. The molecule has 0 radical (unpaired) electrons. The SMILES string of the molecule is Cc1cn(COCC[Si](C)(C)C)c(C2(O)COC2)n1.Cc1cn(COCC[Si](C)(C)C)cn1.O=C1COC1. The predicted octanol–water partition coefficient (Wildman–Crippen LogP) is 3.81. The molecule has 4 rings (SSSR count). The molecule has 12 heteroatoms. The minimum absolute atomic E-state index is 0.213. The molecule has 2 aliphatic heterocycles. The summed E-state index contributed by atoms with van der Waals surface area (Å²) in [6.07, 6.45) is 5.72. The second kappa shape index (κ2) is 14.6. The summed E-state index contributed by atoms with van der Waals surface area (Å²) < 4.78 is 24.7. The summed E-state index contributed by atoms with van der Waals surface area (Å²) in [4.78, 5) is 18.3. The lowest BCUT2D eigenvalue weighted by molar-refractivity contribution is -0.191. The number of aryl methyl sites for hydroxylation is 2. The molecule has 0 spiro atoms. The van der Waals surface area contributed by atoms with Gasteiger partial charge in [0.15, 0.2) is 11.4 Å². The van der Waals surface area contributed by atoms with E-state index in [1.54, 1.807) is 0 Å². The lowest BCUT2D eigenvalue weighted by atomic mass is 10.0. The highest BCUT2D eigenvalue weighted by Gasteiger charge is 2.42. The van der Waals surface area contributed by atoms with Gasteiger partial charge in [-0.1, -0.05) is 39.3 Å². The summed E-state index contributed by atoms with van der Waals surface area (Å²) in [6, 6.07) is 2.37. The highest BCUT2D eigenvalue weighted by atomic mass is 28.3. The third kappa shape index (κ3) is 12.5. The van der Waals surface area contributed by atoms with Crippen molar-refractivity contribution in [3.63, 3.8) is 0 Å². The van der Waals surface area contributed by atoms with E-state index >= 15 is 0 Å². The van der Waals surface area contributed by atoms with E-state index in [1.165, 1.54) is 6.04 Å². The van der Waals surface area contributed by atoms with Crippen molar-refractivity contribution in [1.82, 2.24) is 19.1 Å². The van der Waals surface area contributed by atoms with Crippen LogP contribution in [0.2, 0.25) is 51.4 Å². The summed E-state index contributed by atoms with van der Waals surface area (Å²) in [5.41, 5.74) is 0.999. The van der Waals surface area contributed by atoms with Crippen LogP contribution in [0.3, 0.4) is 0 Å². The van der Waals surface area contributed by atoms with Gasteiger partial charge in [-0.15, -0.1) is 0 Å². The molecular formula is C26H48N4O6Si2. The average molecular weight is 569 g/mol. The Morgan fingerprint density at radius 3 is 1.87 bits per heavy atom. The summed E-state index contributed by atoms with van der Waals surface area (Å²) in [5, 5.41) is 10.3. The van der Waals surface area contributed by atoms with E-state index in [0.717, 1.165) is 30.6 Å². The minimum Gasteiger partial charge on any atom is -0.377 e. The van der Waals surface area contributed by atoms with Crippen LogP contribution in [-0.4, -0.2) is 85.8 Å². The Labute approximate surface area is 229 Å². The molecule has 0 aromatic carbocycles. The Hall–Kier alpha value is -1.68. The second-order valence-electron chi connectivity index (χ2n) is 12.5. The Morgan fingerprint density at radius 1 is 0.921 bits per heavy atom. The number of ketones is 1. The molecule has 0 saturated carbocycles. The van der Waals surface area contributed by atoms with Gasteiger partial charge in [-0.3, -0.25) is 4.79 Å². The molecular weight excluding hydrogens is 520 g/mol. The van der Waals surface area contributed by atoms with Crippen molar-refractivity contribution in [2.24, 2.45) is 0 Å². The summed E-state index contributed by atoms with van der Waals surface area (Å²) in [5.74, 6) is 0.870. The van der Waals surface area contributed by atoms with Gasteiger partial charge < -0.3 is 33.2 Å². The van der Waals surface area contributed by atoms with E-state index in [9.17, 15) is 9.90 Å². The normalized spacial score (nSPS) is 16.5. The Morgan fingerprint density at radius 2 is 1.47 bits per heavy atom. The number of Topliss-reactive ketones (excluding diaryl/α,β-unsaturated/α-hetero) is 1. The van der Waals surface area contributed by atoms with E-state index in [-0.39, 0.29) is 5.78 Å². The molecule has 0 unspecified atom stereocenters. The summed E-state index contributed by atoms with van der Waals surface area (Å²) >= 11 is 0. The highest BCUT2D eigenvalue weighted by Crippen LogP contribution is 2.28. The molecule has 2 fully saturated rings. The summed E-state index contributed by atoms with van der Waals surface area (Å²) in [7, 11) is -2.00. The van der Waals surface area contributed by atoms with Crippen LogP contribution < -0.4 is 0 Å². The third-order valence-electron chi connectivity index (χ3n) is 5.75. The largest absolute Gasteiger partial charge is 0.377 e. The van der Waals surface area contributed by atoms with Crippen molar-refractivity contribution in [3.05, 3.63) is 35.9 Å². The first kappa shape index (κ1) is 32.5. The van der Waals surface area contributed by atoms with Crippen molar-refractivity contribution in [3.8, 4) is 0 Å². The fourth-order valence-electron chi connectivity index (χ4n) is 3.26. The van der Waals surface area contributed by atoms with Crippen LogP contribution in [0, 0.1) is 13.8 Å². The highest BCUT2D eigenvalue weighted by molar-refractivity contribution is 6.76. The number of aromatic nitrogens is 4. The Balaban J connectivity index is 0.000000232. The van der Waals surface area contributed by atoms with Crippen molar-refractivity contribution in [2.75, 3.05) is 39.6 Å². The number of hydrogen-bond donors (Lipinski definition) is 1. The van der Waals surface area contributed by atoms with Gasteiger partial charge in [-0.25, -0.2) is 9.97 Å². The van der Waals surface area contributed by atoms with Crippen molar-refractivity contribution < 1.29 is 28.8 Å². The Bertz CT molecular complexity index is 987. The molecule has 2 aromatic rings. The van der Waals surface area contributed by atoms with Gasteiger partial charge in [0.05, 0.1) is 30.9 Å². The van der Waals surface area contributed by atoms with Gasteiger partial charge in [0.25, 0.3) is 0 Å². The smallest absolute Gasteiger partial charge is 0.184 e. The van der Waals surface area contributed by atoms with Crippen LogP contribution in [0.5, 0.6) is 0 Å². The molecule has 2 saturated heterocycles. The van der Waals surface area contributed by atoms with Crippen LogP contribution >= 0.6 is 0 Å². The molecule has 1 N–H and O–H groups in total. The monoisotopic (exact) mass is 568 g/mol. The van der Waals surface area contributed by atoms with Gasteiger partial charge in [-0.05, 0) is 25.9 Å². The average Bonchev–Trinajstić information content (AvgIpc) is 3.36. The van der Waals surface area contributed by atoms with Gasteiger partial charge >= 0.3 is 0 Å². The van der Waals surface area contributed by atoms with Crippen LogP contribution in [0.1, 0.15) is 17.2 Å². The molecule has 2 aromatic heterocycles. The van der Waals surface area contributed by atoms with Crippen molar-refractivity contribution in [1.29, 1.82) is 0 Å². The molecule has 4 heterocycles. The number of carbonyl (C=O) groups excluding carboxylic acids is 1. The number of aliphatic hydroxyl groups is 1. The van der Waals surface area contributed by atoms with E-state index in [4.69, 9.17) is 14.2 Å². The van der Waals surface area contributed by atoms with E-state index in [1.807, 2.05) is 41.7 Å². The number of carbonyl (C=O) groups is 1. The maximum atomic E-state index is 10.3. The molecule has 0 aliphatic carbocycles. The molecule has 0 bridgehead atoms. The second-order valence-corrected chi connectivity index (χ2v) is 23.7. The van der Waals surface area contributed by atoms with Gasteiger partial charge in [0, 0.05) is 41.8 Å². The van der Waals surface area contributed by atoms with Crippen LogP contribution in [0.15, 0.2) is 18.7 Å². The number of ether oxygens (including phenoxy) is 4. The van der Waals surface area contributed by atoms with Gasteiger partial charge in [0.2, 0.25) is 0 Å². The predicted molar refractivity (Wildman–Crippen MR) is 153 cm³/mol. The maximum Gasteiger partial charge on any atom is 0.184 e. The lowest BCUT2D eigenvalue weighted by Crippen LogP contribution is -2.48. The third-order valence-corrected chi connectivity index (χ3v) is 9.16. The summed E-state index contributed by atoms with van der Waals surface area (Å²) in [6.45, 7) is 22.0. The molecule has 2 aliphatic rings. The standard InChI is InChI=1S/C13H24N2O3Si.C10H20N2OSi.C3H4O2/c1-11-7-15(10-17-5-6-19(2,3)4)12(14-11)13(16)8-18-9-13;1-10-7-12(8-11-10)9-13-5-6-14(2,3)4;4-3-1-5-2-3/h7,16H,5-6,8-10H2,1-4H3;7-8H,5-6,9H2,1-4H3;1-2H2. The Kier molecular flexibility index (Phi) is 12.5. The van der Waals surface area contributed by atoms with Crippen LogP contribution in [0.25, 0.3) is 0 Å². The van der Waals surface area contributed by atoms with E-state index in [0.29, 0.717) is 45.7 Å². The molecule has 0 atom stereocenters. The first-order chi connectivity index (χ1) is 17.7. The molecule has 216 valence electrons. The quantitative estimate of drug-likeness (QED) is 0.322. The van der Waals surface area contributed by atoms with Gasteiger partial charge in [0.1, 0.15) is 32.5 Å². The minimum atomic E-state index is -1.06. The van der Waals surface area contributed by atoms with Crippen LogP contribution in [0.4, 0.5) is 0 Å². The first-order valence-electron chi connectivity index (χ1n) is 13.2. The van der Waals surface area contributed by atoms with Crippen molar-refractivity contribution >= 4 is 21.9 Å². The number of imidazole rings is 2. The van der Waals surface area contributed by atoms with E-state index < -0.39 is 21.7 Å². The number of rotatable bonds is 11. The zero-order chi connectivity index (χ0) is 28.4. The van der Waals surface area contributed by atoms with Crippen LogP contribution in [-0.2, 0) is 42.8 Å². The zero-order valence-electron chi connectivity index (χ0n) is 24.6. The van der Waals surface area contributed by atoms with Gasteiger partial charge in [-0.2, -0.15) is 0 Å². The lowest BCUT2D eigenvalue weighted by Gasteiger charge is -2.35. The fourth-order valence-corrected chi connectivity index (χ4v) is 4.77. The first-order valence-corrected chi connectivity index (χ1v) is 20.7. The molecule has 10 nitrogen and oxygen atoms in total. The van der Waals surface area contributed by atoms with Crippen molar-refractivity contribution in [2.45, 2.75) is 84.3 Å². The van der Waals surface area contributed by atoms with E-state index in [2.05, 4.69) is 54.0 Å².